The minimum absolute atomic E-state index is 0.231. The van der Waals surface area contributed by atoms with E-state index < -0.39 is 17.7 Å². The number of aryl methyl sites for hydroxylation is 2. The highest BCUT2D eigenvalue weighted by Gasteiger charge is 2.31. The lowest BCUT2D eigenvalue weighted by atomic mass is 10.1. The quantitative estimate of drug-likeness (QED) is 0.579. The summed E-state index contributed by atoms with van der Waals surface area (Å²) in [7, 11) is 1.71. The fourth-order valence-corrected chi connectivity index (χ4v) is 3.17. The van der Waals surface area contributed by atoms with Crippen LogP contribution in [0.5, 0.6) is 0 Å². The molecule has 1 saturated heterocycles. The highest BCUT2D eigenvalue weighted by Crippen LogP contribution is 2.12. The molecule has 2 rings (SSSR count). The maximum absolute atomic E-state index is 13.2. The predicted octanol–water partition coefficient (Wildman–Crippen LogP) is 1.12. The molecule has 1 unspecified atom stereocenters. The van der Waals surface area contributed by atoms with Gasteiger partial charge in [-0.25, -0.2) is 14.3 Å². The fourth-order valence-electron chi connectivity index (χ4n) is 3.17. The number of carbonyl (C=O) groups excluding carboxylic acids is 3. The Bertz CT molecular complexity index is 769. The number of nitrogens with one attached hydrogen (secondary N) is 1. The number of nitrogens with zero attached hydrogens (tertiary/aromatic N) is 6. The van der Waals surface area contributed by atoms with Gasteiger partial charge in [0.2, 0.25) is 5.91 Å². The predicted molar refractivity (Wildman–Crippen MR) is 115 cm³/mol. The first-order valence-corrected chi connectivity index (χ1v) is 11.0. The summed E-state index contributed by atoms with van der Waals surface area (Å²) in [5.41, 5.74) is -0.686. The summed E-state index contributed by atoms with van der Waals surface area (Å²) in [6.07, 6.45) is 1.47. The minimum Gasteiger partial charge on any atom is -0.449 e. The van der Waals surface area contributed by atoms with Crippen LogP contribution in [0.3, 0.4) is 0 Å². The number of hydrogen-bond donors (Lipinski definition) is 1. The molecule has 1 aliphatic heterocycles. The van der Waals surface area contributed by atoms with Crippen molar-refractivity contribution in [1.82, 2.24) is 35.3 Å². The van der Waals surface area contributed by atoms with Gasteiger partial charge in [-0.15, -0.1) is 5.10 Å². The second kappa shape index (κ2) is 11.6. The summed E-state index contributed by atoms with van der Waals surface area (Å²) in [5, 5.41) is 14.0. The SMILES string of the molecule is CCCCOC(=O)N1CCN(C(=O)C(CCc2nnnn2C)NC(=O)OC(C)(C)C)CC1. The zero-order valence-electron chi connectivity index (χ0n) is 19.7. The number of carbonyl (C=O) groups is 3. The minimum atomic E-state index is -0.801. The molecule has 180 valence electrons. The summed E-state index contributed by atoms with van der Waals surface area (Å²) < 4.78 is 12.1. The van der Waals surface area contributed by atoms with E-state index in [1.54, 1.807) is 37.6 Å². The molecule has 2 heterocycles. The van der Waals surface area contributed by atoms with Crippen LogP contribution in [0.4, 0.5) is 9.59 Å². The second-order valence-electron chi connectivity index (χ2n) is 8.74. The molecule has 3 amide bonds. The van der Waals surface area contributed by atoms with Crippen LogP contribution in [0, 0.1) is 0 Å². The number of rotatable bonds is 8. The molecule has 1 aromatic heterocycles. The van der Waals surface area contributed by atoms with Crippen LogP contribution in [-0.4, -0.2) is 92.5 Å². The Hall–Kier alpha value is -2.92. The number of ether oxygens (including phenoxy) is 2. The smallest absolute Gasteiger partial charge is 0.409 e. The third kappa shape index (κ3) is 7.97. The van der Waals surface area contributed by atoms with Crippen molar-refractivity contribution in [2.75, 3.05) is 32.8 Å². The van der Waals surface area contributed by atoms with Gasteiger partial charge in [0.05, 0.1) is 6.61 Å². The van der Waals surface area contributed by atoms with E-state index in [2.05, 4.69) is 20.8 Å². The molecule has 32 heavy (non-hydrogen) atoms. The standard InChI is InChI=1S/C20H35N7O5/c1-6-7-14-31-19(30)27-12-10-26(11-13-27)17(28)15(21-18(29)32-20(2,3)4)8-9-16-22-23-24-25(16)5/h15H,6-14H2,1-5H3,(H,21,29). The van der Waals surface area contributed by atoms with Gasteiger partial charge < -0.3 is 24.6 Å². The van der Waals surface area contributed by atoms with Crippen molar-refractivity contribution in [3.8, 4) is 0 Å². The second-order valence-corrected chi connectivity index (χ2v) is 8.74. The van der Waals surface area contributed by atoms with E-state index in [9.17, 15) is 14.4 Å². The average Bonchev–Trinajstić information content (AvgIpc) is 3.14. The lowest BCUT2D eigenvalue weighted by Crippen LogP contribution is -2.56. The summed E-state index contributed by atoms with van der Waals surface area (Å²) in [6, 6.07) is -0.801. The van der Waals surface area contributed by atoms with Gasteiger partial charge >= 0.3 is 12.2 Å². The zero-order valence-corrected chi connectivity index (χ0v) is 19.7. The van der Waals surface area contributed by atoms with Gasteiger partial charge in [-0.05, 0) is 44.0 Å². The van der Waals surface area contributed by atoms with Gasteiger partial charge in [0, 0.05) is 39.6 Å². The van der Waals surface area contributed by atoms with Crippen molar-refractivity contribution in [1.29, 1.82) is 0 Å². The van der Waals surface area contributed by atoms with Crippen molar-refractivity contribution in [3.63, 3.8) is 0 Å². The lowest BCUT2D eigenvalue weighted by Gasteiger charge is -2.36. The first-order valence-electron chi connectivity index (χ1n) is 11.0. The van der Waals surface area contributed by atoms with Crippen LogP contribution in [0.2, 0.25) is 0 Å². The normalized spacial score (nSPS) is 15.3. The van der Waals surface area contributed by atoms with E-state index in [1.165, 1.54) is 4.68 Å². The Morgan fingerprint density at radius 2 is 1.78 bits per heavy atom. The maximum atomic E-state index is 13.2. The van der Waals surface area contributed by atoms with E-state index in [0.717, 1.165) is 12.8 Å². The number of tetrazole rings is 1. The van der Waals surface area contributed by atoms with Crippen LogP contribution in [0.15, 0.2) is 0 Å². The molecule has 0 spiro atoms. The Labute approximate surface area is 188 Å². The highest BCUT2D eigenvalue weighted by molar-refractivity contribution is 5.86. The van der Waals surface area contributed by atoms with Gasteiger partial charge in [0.25, 0.3) is 0 Å². The molecular weight excluding hydrogens is 418 g/mol. The molecule has 12 heteroatoms. The van der Waals surface area contributed by atoms with E-state index >= 15 is 0 Å². The Morgan fingerprint density at radius 1 is 1.12 bits per heavy atom. The number of hydrogen-bond acceptors (Lipinski definition) is 8. The Balaban J connectivity index is 1.96. The number of unbranched alkanes of at least 4 members (excludes halogenated alkanes) is 1. The molecule has 1 aromatic rings. The third-order valence-electron chi connectivity index (χ3n) is 4.93. The molecule has 1 aliphatic rings. The zero-order chi connectivity index (χ0) is 23.7. The van der Waals surface area contributed by atoms with Gasteiger partial charge in [0.15, 0.2) is 5.82 Å². The third-order valence-corrected chi connectivity index (χ3v) is 4.93. The first kappa shape index (κ1) is 25.3. The number of amides is 3. The first-order chi connectivity index (χ1) is 15.1. The van der Waals surface area contributed by atoms with E-state index in [0.29, 0.717) is 51.5 Å². The monoisotopic (exact) mass is 453 g/mol. The number of aromatic nitrogens is 4. The largest absolute Gasteiger partial charge is 0.449 e. The highest BCUT2D eigenvalue weighted by atomic mass is 16.6. The van der Waals surface area contributed by atoms with Gasteiger partial charge in [0.1, 0.15) is 11.6 Å². The molecule has 0 aliphatic carbocycles. The summed E-state index contributed by atoms with van der Waals surface area (Å²) in [4.78, 5) is 40.9. The maximum Gasteiger partial charge on any atom is 0.409 e. The number of alkyl carbamates (subject to hydrolysis) is 1. The fraction of sp³-hybridized carbons (Fsp3) is 0.800. The van der Waals surface area contributed by atoms with E-state index in [4.69, 9.17) is 9.47 Å². The summed E-state index contributed by atoms with van der Waals surface area (Å²) >= 11 is 0. The van der Waals surface area contributed by atoms with Crippen molar-refractivity contribution < 1.29 is 23.9 Å². The van der Waals surface area contributed by atoms with Crippen molar-refractivity contribution in [3.05, 3.63) is 5.82 Å². The van der Waals surface area contributed by atoms with Gasteiger partial charge in [-0.2, -0.15) is 0 Å². The van der Waals surface area contributed by atoms with E-state index in [-0.39, 0.29) is 12.0 Å². The van der Waals surface area contributed by atoms with Crippen LogP contribution >= 0.6 is 0 Å². The molecule has 1 atom stereocenters. The molecule has 1 N–H and O–H groups in total. The summed E-state index contributed by atoms with van der Waals surface area (Å²) in [6.45, 7) is 9.17. The van der Waals surface area contributed by atoms with E-state index in [1.807, 2.05) is 6.92 Å². The number of piperazine rings is 1. The van der Waals surface area contributed by atoms with Crippen LogP contribution in [-0.2, 0) is 27.7 Å². The molecule has 0 bridgehead atoms. The Morgan fingerprint density at radius 3 is 2.34 bits per heavy atom. The van der Waals surface area contributed by atoms with Crippen molar-refractivity contribution in [2.45, 2.75) is 65.0 Å². The van der Waals surface area contributed by atoms with Gasteiger partial charge in [-0.1, -0.05) is 13.3 Å². The average molecular weight is 454 g/mol. The molecule has 0 saturated carbocycles. The van der Waals surface area contributed by atoms with Crippen molar-refractivity contribution in [2.24, 2.45) is 7.05 Å². The lowest BCUT2D eigenvalue weighted by molar-refractivity contribution is -0.135. The van der Waals surface area contributed by atoms with Crippen molar-refractivity contribution >= 4 is 18.1 Å². The topological polar surface area (TPSA) is 132 Å². The molecule has 0 aromatic carbocycles. The Kier molecular flexibility index (Phi) is 9.21. The molecular formula is C20H35N7O5. The molecule has 12 nitrogen and oxygen atoms in total. The molecule has 0 radical (unpaired) electrons. The van der Waals surface area contributed by atoms with Crippen LogP contribution in [0.1, 0.15) is 52.8 Å². The summed E-state index contributed by atoms with van der Waals surface area (Å²) in [5.74, 6) is 0.374. The van der Waals surface area contributed by atoms with Gasteiger partial charge in [-0.3, -0.25) is 4.79 Å². The van der Waals surface area contributed by atoms with Crippen LogP contribution < -0.4 is 5.32 Å². The molecule has 1 fully saturated rings. The van der Waals surface area contributed by atoms with Crippen LogP contribution in [0.25, 0.3) is 0 Å².